The molecule has 7 nitrogen and oxygen atoms in total. The number of Topliss-reactive ketones (excluding diaryl/α,β-unsaturated/α-hetero) is 1. The Morgan fingerprint density at radius 3 is 2.20 bits per heavy atom. The van der Waals surface area contributed by atoms with Crippen LogP contribution in [0.4, 0.5) is 4.79 Å². The lowest BCUT2D eigenvalue weighted by atomic mass is 9.71. The number of carbonyl (C=O) groups excluding carboxylic acids is 3. The maximum absolute atomic E-state index is 12.8. The highest BCUT2D eigenvalue weighted by atomic mass is 16.7. The highest BCUT2D eigenvalue weighted by Gasteiger charge is 2.52. The van der Waals surface area contributed by atoms with Gasteiger partial charge in [0.05, 0.1) is 11.2 Å². The molecule has 0 aromatic heterocycles. The van der Waals surface area contributed by atoms with Crippen molar-refractivity contribution >= 4 is 25.3 Å². The first-order chi connectivity index (χ1) is 13.6. The zero-order valence-electron chi connectivity index (χ0n) is 19.9. The second kappa shape index (κ2) is 8.62. The normalized spacial score (nSPS) is 28.3. The SMILES string of the molecule is CC(=O)C1(CC=O)CC(CCB2OC(C)(C)C(C)(C)O2)CCN1C(=O)OC(C)(C)C. The standard InChI is InChI=1S/C22H38BNO6/c1-16(26)22(11-14-25)15-17(10-13-24(22)18(27)28-19(2,3)4)9-12-23-29-20(5,6)21(7,8)30-23/h14,17H,9-13,15H2,1-8H3. The summed E-state index contributed by atoms with van der Waals surface area (Å²) in [4.78, 5) is 38.5. The number of aldehydes is 1. The van der Waals surface area contributed by atoms with E-state index in [2.05, 4.69) is 0 Å². The van der Waals surface area contributed by atoms with Crippen molar-refractivity contribution in [3.63, 3.8) is 0 Å². The number of ether oxygens (including phenoxy) is 1. The van der Waals surface area contributed by atoms with Gasteiger partial charge in [-0.2, -0.15) is 0 Å². The lowest BCUT2D eigenvalue weighted by Crippen LogP contribution is -2.61. The van der Waals surface area contributed by atoms with Crippen molar-refractivity contribution in [1.29, 1.82) is 0 Å². The van der Waals surface area contributed by atoms with Crippen molar-refractivity contribution in [2.75, 3.05) is 6.54 Å². The van der Waals surface area contributed by atoms with Crippen LogP contribution in [0, 0.1) is 5.92 Å². The molecule has 2 heterocycles. The number of carbonyl (C=O) groups is 3. The molecule has 0 saturated carbocycles. The Kier molecular flexibility index (Phi) is 7.14. The maximum Gasteiger partial charge on any atom is 0.457 e. The van der Waals surface area contributed by atoms with E-state index in [4.69, 9.17) is 14.0 Å². The third-order valence-corrected chi connectivity index (χ3v) is 6.71. The number of hydrogen-bond donors (Lipinski definition) is 0. The van der Waals surface area contributed by atoms with Gasteiger partial charge in [0.25, 0.3) is 0 Å². The molecule has 0 spiro atoms. The summed E-state index contributed by atoms with van der Waals surface area (Å²) >= 11 is 0. The largest absolute Gasteiger partial charge is 0.457 e. The highest BCUT2D eigenvalue weighted by molar-refractivity contribution is 6.45. The van der Waals surface area contributed by atoms with Gasteiger partial charge in [0, 0.05) is 13.0 Å². The van der Waals surface area contributed by atoms with E-state index >= 15 is 0 Å². The fourth-order valence-corrected chi connectivity index (χ4v) is 4.31. The van der Waals surface area contributed by atoms with E-state index in [-0.39, 0.29) is 36.4 Å². The van der Waals surface area contributed by atoms with E-state index < -0.39 is 17.2 Å². The number of piperidine rings is 1. The molecule has 2 rings (SSSR count). The summed E-state index contributed by atoms with van der Waals surface area (Å²) in [5.41, 5.74) is -2.58. The van der Waals surface area contributed by atoms with Crippen LogP contribution in [0.25, 0.3) is 0 Å². The minimum atomic E-state index is -1.15. The van der Waals surface area contributed by atoms with Crippen LogP contribution in [0.1, 0.15) is 81.1 Å². The van der Waals surface area contributed by atoms with Crippen molar-refractivity contribution in [3.05, 3.63) is 0 Å². The summed E-state index contributed by atoms with van der Waals surface area (Å²) in [6.45, 7) is 15.3. The Morgan fingerprint density at radius 2 is 1.73 bits per heavy atom. The first-order valence-electron chi connectivity index (χ1n) is 10.9. The molecule has 0 N–H and O–H groups in total. The Hall–Kier alpha value is -1.41. The topological polar surface area (TPSA) is 82.1 Å². The van der Waals surface area contributed by atoms with Crippen molar-refractivity contribution in [3.8, 4) is 0 Å². The Morgan fingerprint density at radius 1 is 1.17 bits per heavy atom. The van der Waals surface area contributed by atoms with Gasteiger partial charge in [-0.25, -0.2) is 4.79 Å². The molecule has 170 valence electrons. The molecule has 0 radical (unpaired) electrons. The summed E-state index contributed by atoms with van der Waals surface area (Å²) in [6.07, 6.45) is 2.87. The fraction of sp³-hybridized carbons (Fsp3) is 0.864. The molecular weight excluding hydrogens is 385 g/mol. The average molecular weight is 423 g/mol. The molecule has 2 aliphatic heterocycles. The van der Waals surface area contributed by atoms with Crippen molar-refractivity contribution in [2.24, 2.45) is 5.92 Å². The van der Waals surface area contributed by atoms with Gasteiger partial charge in [0.1, 0.15) is 17.4 Å². The predicted molar refractivity (Wildman–Crippen MR) is 115 cm³/mol. The molecule has 2 unspecified atom stereocenters. The predicted octanol–water partition coefficient (Wildman–Crippen LogP) is 4.03. The smallest absolute Gasteiger partial charge is 0.444 e. The number of ketones is 1. The Bertz CT molecular complexity index is 655. The van der Waals surface area contributed by atoms with E-state index in [1.807, 2.05) is 27.7 Å². The van der Waals surface area contributed by atoms with Crippen LogP contribution < -0.4 is 0 Å². The van der Waals surface area contributed by atoms with Gasteiger partial charge in [-0.15, -0.1) is 0 Å². The van der Waals surface area contributed by atoms with E-state index in [1.165, 1.54) is 11.8 Å². The van der Waals surface area contributed by atoms with Gasteiger partial charge >= 0.3 is 13.2 Å². The van der Waals surface area contributed by atoms with Crippen LogP contribution >= 0.6 is 0 Å². The Labute approximate surface area is 181 Å². The second-order valence-electron chi connectivity index (χ2n) is 10.7. The maximum atomic E-state index is 12.8. The second-order valence-corrected chi connectivity index (χ2v) is 10.7. The molecule has 0 aromatic carbocycles. The van der Waals surface area contributed by atoms with Gasteiger partial charge in [0.15, 0.2) is 5.78 Å². The van der Waals surface area contributed by atoms with Gasteiger partial charge in [-0.05, 0) is 80.5 Å². The molecule has 8 heteroatoms. The molecule has 1 amide bonds. The summed E-state index contributed by atoms with van der Waals surface area (Å²) in [7, 11) is -0.295. The minimum absolute atomic E-state index is 0.0193. The summed E-state index contributed by atoms with van der Waals surface area (Å²) in [5.74, 6) is 0.00681. The third-order valence-electron chi connectivity index (χ3n) is 6.71. The van der Waals surface area contributed by atoms with E-state index in [9.17, 15) is 14.4 Å². The molecule has 0 bridgehead atoms. The van der Waals surface area contributed by atoms with Crippen molar-refractivity contribution < 1.29 is 28.4 Å². The lowest BCUT2D eigenvalue weighted by molar-refractivity contribution is -0.135. The lowest BCUT2D eigenvalue weighted by Gasteiger charge is -2.47. The van der Waals surface area contributed by atoms with Crippen LogP contribution in [0.15, 0.2) is 0 Å². The molecule has 2 aliphatic rings. The number of likely N-dealkylation sites (tertiary alicyclic amines) is 1. The molecule has 0 aliphatic carbocycles. The van der Waals surface area contributed by atoms with E-state index in [1.54, 1.807) is 20.8 Å². The molecule has 2 saturated heterocycles. The third kappa shape index (κ3) is 5.25. The summed E-state index contributed by atoms with van der Waals surface area (Å²) in [6, 6.07) is 0. The van der Waals surface area contributed by atoms with Crippen LogP contribution in [0.5, 0.6) is 0 Å². The van der Waals surface area contributed by atoms with E-state index in [0.717, 1.165) is 19.1 Å². The first-order valence-corrected chi connectivity index (χ1v) is 10.9. The molecule has 0 aromatic rings. The molecule has 2 fully saturated rings. The van der Waals surface area contributed by atoms with Gasteiger partial charge in [0.2, 0.25) is 0 Å². The van der Waals surface area contributed by atoms with Crippen LogP contribution in [0.2, 0.25) is 6.32 Å². The van der Waals surface area contributed by atoms with Crippen molar-refractivity contribution in [2.45, 2.75) is 110 Å². The first kappa shape index (κ1) is 24.9. The molecular formula is C22H38BNO6. The number of amides is 1. The van der Waals surface area contributed by atoms with Gasteiger partial charge in [-0.3, -0.25) is 9.69 Å². The average Bonchev–Trinajstić information content (AvgIpc) is 2.78. The number of hydrogen-bond acceptors (Lipinski definition) is 6. The molecule has 2 atom stereocenters. The van der Waals surface area contributed by atoms with Gasteiger partial charge < -0.3 is 18.8 Å². The summed E-state index contributed by atoms with van der Waals surface area (Å²) < 4.78 is 17.7. The fourth-order valence-electron chi connectivity index (χ4n) is 4.31. The number of nitrogens with zero attached hydrogens (tertiary/aromatic N) is 1. The van der Waals surface area contributed by atoms with Crippen LogP contribution in [-0.4, -0.2) is 59.1 Å². The monoisotopic (exact) mass is 423 g/mol. The van der Waals surface area contributed by atoms with E-state index in [0.29, 0.717) is 19.3 Å². The quantitative estimate of drug-likeness (QED) is 0.474. The van der Waals surface area contributed by atoms with Crippen LogP contribution in [0.3, 0.4) is 0 Å². The van der Waals surface area contributed by atoms with Crippen LogP contribution in [-0.2, 0) is 23.6 Å². The summed E-state index contributed by atoms with van der Waals surface area (Å²) in [5, 5.41) is 0. The number of rotatable bonds is 6. The zero-order valence-corrected chi connectivity index (χ0v) is 19.9. The van der Waals surface area contributed by atoms with Gasteiger partial charge in [-0.1, -0.05) is 6.42 Å². The zero-order chi connectivity index (χ0) is 23.0. The minimum Gasteiger partial charge on any atom is -0.444 e. The van der Waals surface area contributed by atoms with Crippen molar-refractivity contribution in [1.82, 2.24) is 4.90 Å². The highest BCUT2D eigenvalue weighted by Crippen LogP contribution is 2.41. The molecule has 30 heavy (non-hydrogen) atoms. The Balaban J connectivity index is 2.11.